The highest BCUT2D eigenvalue weighted by Crippen LogP contribution is 2.32. The fourth-order valence-electron chi connectivity index (χ4n) is 2.79. The fourth-order valence-corrected chi connectivity index (χ4v) is 3.01. The van der Waals surface area contributed by atoms with E-state index in [9.17, 15) is 0 Å². The molecule has 0 fully saturated rings. The lowest BCUT2D eigenvalue weighted by Crippen LogP contribution is -2.21. The van der Waals surface area contributed by atoms with Gasteiger partial charge in [-0.2, -0.15) is 0 Å². The number of rotatable bonds is 4. The van der Waals surface area contributed by atoms with E-state index in [1.807, 2.05) is 0 Å². The third-order valence-electron chi connectivity index (χ3n) is 4.38. The van der Waals surface area contributed by atoms with Gasteiger partial charge < -0.3 is 10.6 Å². The van der Waals surface area contributed by atoms with Crippen LogP contribution in [-0.4, -0.2) is 5.11 Å². The molecule has 0 aliphatic heterocycles. The summed E-state index contributed by atoms with van der Waals surface area (Å²) >= 11 is 5.56. The predicted molar refractivity (Wildman–Crippen MR) is 110 cm³/mol. The molecule has 0 radical (unpaired) electrons. The van der Waals surface area contributed by atoms with Gasteiger partial charge >= 0.3 is 0 Å². The van der Waals surface area contributed by atoms with Gasteiger partial charge in [-0.3, -0.25) is 0 Å². The van der Waals surface area contributed by atoms with Crippen molar-refractivity contribution in [1.82, 2.24) is 0 Å². The molecule has 128 valence electrons. The number of thiocarbonyl (C=S) groups is 1. The quantitative estimate of drug-likeness (QED) is 0.633. The molecule has 2 N–H and O–H groups in total. The van der Waals surface area contributed by atoms with E-state index in [2.05, 4.69) is 88.6 Å². The van der Waals surface area contributed by atoms with Gasteiger partial charge in [0.1, 0.15) is 0 Å². The minimum Gasteiger partial charge on any atom is -0.332 e. The van der Waals surface area contributed by atoms with Crippen LogP contribution in [-0.2, 0) is 0 Å². The second-order valence-corrected chi connectivity index (χ2v) is 7.41. The van der Waals surface area contributed by atoms with Crippen LogP contribution in [0.4, 0.5) is 11.4 Å². The number of aryl methyl sites for hydroxylation is 2. The summed E-state index contributed by atoms with van der Waals surface area (Å²) in [6.07, 6.45) is 0. The molecular formula is C21H28N2S. The van der Waals surface area contributed by atoms with Gasteiger partial charge in [-0.25, -0.2) is 0 Å². The van der Waals surface area contributed by atoms with Crippen molar-refractivity contribution in [3.63, 3.8) is 0 Å². The first-order chi connectivity index (χ1) is 11.3. The van der Waals surface area contributed by atoms with Crippen LogP contribution in [0.1, 0.15) is 61.8 Å². The zero-order valence-electron chi connectivity index (χ0n) is 15.5. The molecule has 0 unspecified atom stereocenters. The summed E-state index contributed by atoms with van der Waals surface area (Å²) in [6.45, 7) is 13.1. The van der Waals surface area contributed by atoms with Crippen LogP contribution in [0.2, 0.25) is 0 Å². The third-order valence-corrected chi connectivity index (χ3v) is 4.58. The number of anilines is 2. The predicted octanol–water partition coefficient (Wildman–Crippen LogP) is 6.36. The molecule has 0 aliphatic carbocycles. The van der Waals surface area contributed by atoms with Crippen molar-refractivity contribution in [2.75, 3.05) is 10.6 Å². The lowest BCUT2D eigenvalue weighted by molar-refractivity contribution is 0.839. The Bertz CT molecular complexity index is 706. The van der Waals surface area contributed by atoms with Gasteiger partial charge in [0.25, 0.3) is 0 Å². The molecule has 0 heterocycles. The maximum absolute atomic E-state index is 5.56. The molecule has 0 amide bonds. The molecule has 0 aliphatic rings. The van der Waals surface area contributed by atoms with Gasteiger partial charge in [0.2, 0.25) is 0 Å². The van der Waals surface area contributed by atoms with Gasteiger partial charge in [-0.15, -0.1) is 0 Å². The topological polar surface area (TPSA) is 24.1 Å². The molecule has 2 nitrogen and oxygen atoms in total. The summed E-state index contributed by atoms with van der Waals surface area (Å²) < 4.78 is 0. The van der Waals surface area contributed by atoms with Crippen LogP contribution in [0.25, 0.3) is 0 Å². The van der Waals surface area contributed by atoms with Crippen LogP contribution >= 0.6 is 12.2 Å². The monoisotopic (exact) mass is 340 g/mol. The molecule has 0 bridgehead atoms. The van der Waals surface area contributed by atoms with Crippen LogP contribution < -0.4 is 10.6 Å². The molecule has 0 atom stereocenters. The van der Waals surface area contributed by atoms with E-state index in [0.717, 1.165) is 11.4 Å². The van der Waals surface area contributed by atoms with Crippen molar-refractivity contribution in [2.24, 2.45) is 0 Å². The molecule has 2 aromatic carbocycles. The summed E-state index contributed by atoms with van der Waals surface area (Å²) in [5, 5.41) is 7.39. The van der Waals surface area contributed by atoms with E-state index in [1.165, 1.54) is 22.3 Å². The average molecular weight is 341 g/mol. The number of para-hydroxylation sites is 1. The Morgan fingerprint density at radius 1 is 0.833 bits per heavy atom. The fraction of sp³-hybridized carbons (Fsp3) is 0.381. The first-order valence-corrected chi connectivity index (χ1v) is 8.98. The van der Waals surface area contributed by atoms with E-state index in [0.29, 0.717) is 16.9 Å². The van der Waals surface area contributed by atoms with Gasteiger partial charge in [-0.1, -0.05) is 52.0 Å². The Kier molecular flexibility index (Phi) is 6.00. The number of benzene rings is 2. The van der Waals surface area contributed by atoms with Gasteiger partial charge in [0, 0.05) is 11.4 Å². The Labute approximate surface area is 151 Å². The summed E-state index contributed by atoms with van der Waals surface area (Å²) in [6, 6.07) is 12.8. The number of hydrogen-bond donors (Lipinski definition) is 2. The zero-order chi connectivity index (χ0) is 17.9. The summed E-state index contributed by atoms with van der Waals surface area (Å²) in [7, 11) is 0. The first kappa shape index (κ1) is 18.5. The maximum atomic E-state index is 5.56. The number of hydrogen-bond acceptors (Lipinski definition) is 1. The van der Waals surface area contributed by atoms with Crippen molar-refractivity contribution in [2.45, 2.75) is 53.4 Å². The maximum Gasteiger partial charge on any atom is 0.175 e. The average Bonchev–Trinajstić information content (AvgIpc) is 2.50. The molecule has 0 saturated heterocycles. The van der Waals surface area contributed by atoms with Crippen LogP contribution in [0.5, 0.6) is 0 Å². The highest BCUT2D eigenvalue weighted by Gasteiger charge is 2.14. The molecule has 24 heavy (non-hydrogen) atoms. The zero-order valence-corrected chi connectivity index (χ0v) is 16.3. The van der Waals surface area contributed by atoms with E-state index in [1.54, 1.807) is 0 Å². The van der Waals surface area contributed by atoms with Crippen LogP contribution in [0, 0.1) is 13.8 Å². The Balaban J connectivity index is 2.26. The third kappa shape index (κ3) is 4.35. The molecule has 0 spiro atoms. The van der Waals surface area contributed by atoms with Gasteiger partial charge in [0.15, 0.2) is 5.11 Å². The molecule has 2 aromatic rings. The summed E-state index contributed by atoms with van der Waals surface area (Å²) in [4.78, 5) is 0. The first-order valence-electron chi connectivity index (χ1n) is 8.57. The standard InChI is InChI=1S/C21H28N2S/c1-13(2)18-8-7-9-19(14(3)4)20(18)23-21(24)22-17-11-10-15(5)16(6)12-17/h7-14H,1-6H3,(H2,22,23,24). The smallest absolute Gasteiger partial charge is 0.175 e. The van der Waals surface area contributed by atoms with E-state index >= 15 is 0 Å². The van der Waals surface area contributed by atoms with Crippen molar-refractivity contribution in [1.29, 1.82) is 0 Å². The summed E-state index contributed by atoms with van der Waals surface area (Å²) in [5.41, 5.74) is 7.29. The largest absolute Gasteiger partial charge is 0.332 e. The Morgan fingerprint density at radius 2 is 1.42 bits per heavy atom. The SMILES string of the molecule is Cc1ccc(NC(=S)Nc2c(C(C)C)cccc2C(C)C)cc1C. The molecular weight excluding hydrogens is 312 g/mol. The van der Waals surface area contributed by atoms with Gasteiger partial charge in [-0.05, 0) is 72.3 Å². The van der Waals surface area contributed by atoms with Crippen molar-refractivity contribution < 1.29 is 0 Å². The van der Waals surface area contributed by atoms with Gasteiger partial charge in [0.05, 0.1) is 0 Å². The Hall–Kier alpha value is -1.87. The highest BCUT2D eigenvalue weighted by atomic mass is 32.1. The molecule has 0 saturated carbocycles. The second-order valence-electron chi connectivity index (χ2n) is 7.00. The van der Waals surface area contributed by atoms with Crippen LogP contribution in [0.3, 0.4) is 0 Å². The van der Waals surface area contributed by atoms with Crippen LogP contribution in [0.15, 0.2) is 36.4 Å². The van der Waals surface area contributed by atoms with E-state index in [4.69, 9.17) is 12.2 Å². The lowest BCUT2D eigenvalue weighted by atomic mass is 9.93. The van der Waals surface area contributed by atoms with Crippen molar-refractivity contribution in [3.05, 3.63) is 58.7 Å². The highest BCUT2D eigenvalue weighted by molar-refractivity contribution is 7.80. The Morgan fingerprint density at radius 3 is 1.92 bits per heavy atom. The number of nitrogens with one attached hydrogen (secondary N) is 2. The summed E-state index contributed by atoms with van der Waals surface area (Å²) in [5.74, 6) is 0.881. The lowest BCUT2D eigenvalue weighted by Gasteiger charge is -2.21. The normalized spacial score (nSPS) is 11.0. The van der Waals surface area contributed by atoms with Crippen molar-refractivity contribution in [3.8, 4) is 0 Å². The van der Waals surface area contributed by atoms with Crippen molar-refractivity contribution >= 4 is 28.7 Å². The molecule has 3 heteroatoms. The second kappa shape index (κ2) is 7.80. The molecule has 0 aromatic heterocycles. The van der Waals surface area contributed by atoms with E-state index < -0.39 is 0 Å². The molecule has 2 rings (SSSR count). The van der Waals surface area contributed by atoms with E-state index in [-0.39, 0.29) is 0 Å². The minimum absolute atomic E-state index is 0.440. The minimum atomic E-state index is 0.440.